The van der Waals surface area contributed by atoms with Crippen LogP contribution >= 0.6 is 27.3 Å². The number of aryl methyl sites for hydroxylation is 2. The minimum atomic E-state index is 0.0134. The van der Waals surface area contributed by atoms with Crippen molar-refractivity contribution in [3.05, 3.63) is 61.8 Å². The SMILES string of the molecule is Cc1ccc(CN(C)C(=O)/C=C/c2ccc(Br)s2)c(C)c1. The maximum atomic E-state index is 12.1. The molecule has 0 radical (unpaired) electrons. The summed E-state index contributed by atoms with van der Waals surface area (Å²) in [5.41, 5.74) is 3.65. The molecule has 0 fully saturated rings. The van der Waals surface area contributed by atoms with E-state index in [0.29, 0.717) is 6.54 Å². The first-order chi connectivity index (χ1) is 9.95. The van der Waals surface area contributed by atoms with Crippen molar-refractivity contribution in [2.24, 2.45) is 0 Å². The number of thiophene rings is 1. The van der Waals surface area contributed by atoms with Gasteiger partial charge in [-0.3, -0.25) is 4.79 Å². The maximum Gasteiger partial charge on any atom is 0.246 e. The highest BCUT2D eigenvalue weighted by Crippen LogP contribution is 2.23. The molecule has 2 nitrogen and oxygen atoms in total. The number of hydrogen-bond acceptors (Lipinski definition) is 2. The van der Waals surface area contributed by atoms with Crippen LogP contribution in [0.5, 0.6) is 0 Å². The minimum Gasteiger partial charge on any atom is -0.338 e. The lowest BCUT2D eigenvalue weighted by Gasteiger charge is -2.17. The lowest BCUT2D eigenvalue weighted by molar-refractivity contribution is -0.125. The molecule has 2 aromatic rings. The van der Waals surface area contributed by atoms with Crippen molar-refractivity contribution in [3.63, 3.8) is 0 Å². The lowest BCUT2D eigenvalue weighted by Crippen LogP contribution is -2.24. The first-order valence-electron chi connectivity index (χ1n) is 6.70. The van der Waals surface area contributed by atoms with Crippen molar-refractivity contribution >= 4 is 39.2 Å². The molecule has 1 amide bonds. The van der Waals surface area contributed by atoms with Crippen LogP contribution in [0.4, 0.5) is 0 Å². The fourth-order valence-corrected chi connectivity index (χ4v) is 3.38. The topological polar surface area (TPSA) is 20.3 Å². The molecule has 1 aromatic carbocycles. The Hall–Kier alpha value is -1.39. The normalized spacial score (nSPS) is 11.0. The molecule has 110 valence electrons. The zero-order valence-corrected chi connectivity index (χ0v) is 14.8. The summed E-state index contributed by atoms with van der Waals surface area (Å²) < 4.78 is 1.07. The highest BCUT2D eigenvalue weighted by atomic mass is 79.9. The van der Waals surface area contributed by atoms with Gasteiger partial charge in [-0.25, -0.2) is 0 Å². The van der Waals surface area contributed by atoms with Gasteiger partial charge in [0, 0.05) is 24.5 Å². The number of likely N-dealkylation sites (N-methyl/N-ethyl adjacent to an activating group) is 1. The number of carbonyl (C=O) groups excluding carboxylic acids is 1. The van der Waals surface area contributed by atoms with Crippen LogP contribution in [0, 0.1) is 13.8 Å². The van der Waals surface area contributed by atoms with E-state index in [2.05, 4.69) is 48.0 Å². The third-order valence-electron chi connectivity index (χ3n) is 3.27. The van der Waals surface area contributed by atoms with Crippen LogP contribution < -0.4 is 0 Å². The van der Waals surface area contributed by atoms with Gasteiger partial charge in [-0.1, -0.05) is 23.8 Å². The Morgan fingerprint density at radius 1 is 1.29 bits per heavy atom. The summed E-state index contributed by atoms with van der Waals surface area (Å²) in [6, 6.07) is 10.3. The van der Waals surface area contributed by atoms with E-state index in [0.717, 1.165) is 8.66 Å². The molecule has 1 heterocycles. The van der Waals surface area contributed by atoms with Crippen LogP contribution in [0.2, 0.25) is 0 Å². The Labute approximate surface area is 138 Å². The average Bonchev–Trinajstić information content (AvgIpc) is 2.85. The van der Waals surface area contributed by atoms with Gasteiger partial charge in [0.2, 0.25) is 5.91 Å². The van der Waals surface area contributed by atoms with E-state index >= 15 is 0 Å². The summed E-state index contributed by atoms with van der Waals surface area (Å²) in [4.78, 5) is 14.9. The van der Waals surface area contributed by atoms with E-state index in [1.807, 2.05) is 25.3 Å². The second kappa shape index (κ2) is 7.05. The Kier molecular flexibility index (Phi) is 5.37. The average molecular weight is 364 g/mol. The number of halogens is 1. The Bertz CT molecular complexity index is 675. The number of carbonyl (C=O) groups is 1. The quantitative estimate of drug-likeness (QED) is 0.714. The van der Waals surface area contributed by atoms with Crippen LogP contribution in [0.3, 0.4) is 0 Å². The van der Waals surface area contributed by atoms with Gasteiger partial charge in [-0.15, -0.1) is 11.3 Å². The smallest absolute Gasteiger partial charge is 0.246 e. The van der Waals surface area contributed by atoms with Gasteiger partial charge in [0.25, 0.3) is 0 Å². The van der Waals surface area contributed by atoms with Crippen LogP contribution in [-0.2, 0) is 11.3 Å². The van der Waals surface area contributed by atoms with E-state index in [9.17, 15) is 4.79 Å². The number of benzene rings is 1. The Morgan fingerprint density at radius 3 is 2.67 bits per heavy atom. The molecule has 4 heteroatoms. The van der Waals surface area contributed by atoms with Crippen molar-refractivity contribution in [2.45, 2.75) is 20.4 Å². The predicted molar refractivity (Wildman–Crippen MR) is 93.4 cm³/mol. The molecule has 0 N–H and O–H groups in total. The Balaban J connectivity index is 2.00. The molecular formula is C17H18BrNOS. The molecule has 0 spiro atoms. The molecule has 0 unspecified atom stereocenters. The third-order valence-corrected chi connectivity index (χ3v) is 4.85. The molecule has 0 aliphatic carbocycles. The van der Waals surface area contributed by atoms with Gasteiger partial charge in [-0.05, 0) is 59.1 Å². The van der Waals surface area contributed by atoms with Gasteiger partial charge in [-0.2, -0.15) is 0 Å². The minimum absolute atomic E-state index is 0.0134. The van der Waals surface area contributed by atoms with Crippen LogP contribution in [0.25, 0.3) is 6.08 Å². The van der Waals surface area contributed by atoms with E-state index in [1.54, 1.807) is 22.3 Å². The largest absolute Gasteiger partial charge is 0.338 e. The highest BCUT2D eigenvalue weighted by Gasteiger charge is 2.08. The monoisotopic (exact) mass is 363 g/mol. The van der Waals surface area contributed by atoms with Crippen molar-refractivity contribution < 1.29 is 4.79 Å². The number of hydrogen-bond donors (Lipinski definition) is 0. The summed E-state index contributed by atoms with van der Waals surface area (Å²) in [7, 11) is 1.83. The van der Waals surface area contributed by atoms with Crippen molar-refractivity contribution in [1.29, 1.82) is 0 Å². The molecule has 2 rings (SSSR count). The van der Waals surface area contributed by atoms with Crippen LogP contribution in [0.1, 0.15) is 21.6 Å². The summed E-state index contributed by atoms with van der Waals surface area (Å²) in [5, 5.41) is 0. The molecule has 0 bridgehead atoms. The predicted octanol–water partition coefficient (Wildman–Crippen LogP) is 4.80. The number of rotatable bonds is 4. The first kappa shape index (κ1) is 16.0. The first-order valence-corrected chi connectivity index (χ1v) is 8.31. The molecule has 0 saturated carbocycles. The fourth-order valence-electron chi connectivity index (χ4n) is 2.06. The lowest BCUT2D eigenvalue weighted by atomic mass is 10.1. The number of amides is 1. The third kappa shape index (κ3) is 4.55. The van der Waals surface area contributed by atoms with Gasteiger partial charge in [0.15, 0.2) is 0 Å². The molecule has 0 aliphatic rings. The van der Waals surface area contributed by atoms with Crippen molar-refractivity contribution in [3.8, 4) is 0 Å². The summed E-state index contributed by atoms with van der Waals surface area (Å²) in [6.45, 7) is 4.79. The van der Waals surface area contributed by atoms with Crippen molar-refractivity contribution in [2.75, 3.05) is 7.05 Å². The van der Waals surface area contributed by atoms with Crippen LogP contribution in [-0.4, -0.2) is 17.9 Å². The fraction of sp³-hybridized carbons (Fsp3) is 0.235. The molecular weight excluding hydrogens is 346 g/mol. The van der Waals surface area contributed by atoms with Crippen LogP contribution in [0.15, 0.2) is 40.2 Å². The second-order valence-electron chi connectivity index (χ2n) is 5.10. The molecule has 0 saturated heterocycles. The molecule has 21 heavy (non-hydrogen) atoms. The Morgan fingerprint density at radius 2 is 2.05 bits per heavy atom. The van der Waals surface area contributed by atoms with Gasteiger partial charge < -0.3 is 4.90 Å². The second-order valence-corrected chi connectivity index (χ2v) is 7.59. The molecule has 0 aliphatic heterocycles. The summed E-state index contributed by atoms with van der Waals surface area (Å²) in [6.07, 6.45) is 3.48. The summed E-state index contributed by atoms with van der Waals surface area (Å²) >= 11 is 5.02. The standard InChI is InChI=1S/C17H18BrNOS/c1-12-4-5-14(13(2)10-12)11-19(3)17(20)9-7-15-6-8-16(18)21-15/h4-10H,11H2,1-3H3/b9-7+. The molecule has 0 atom stereocenters. The van der Waals surface area contributed by atoms with E-state index in [-0.39, 0.29) is 5.91 Å². The van der Waals surface area contributed by atoms with Gasteiger partial charge in [0.05, 0.1) is 3.79 Å². The number of nitrogens with zero attached hydrogens (tertiary/aromatic N) is 1. The zero-order chi connectivity index (χ0) is 15.4. The zero-order valence-electron chi connectivity index (χ0n) is 12.4. The highest BCUT2D eigenvalue weighted by molar-refractivity contribution is 9.11. The van der Waals surface area contributed by atoms with Gasteiger partial charge >= 0.3 is 0 Å². The van der Waals surface area contributed by atoms with E-state index < -0.39 is 0 Å². The summed E-state index contributed by atoms with van der Waals surface area (Å²) in [5.74, 6) is 0.0134. The maximum absolute atomic E-state index is 12.1. The van der Waals surface area contributed by atoms with Gasteiger partial charge in [0.1, 0.15) is 0 Å². The van der Waals surface area contributed by atoms with E-state index in [1.165, 1.54) is 16.7 Å². The van der Waals surface area contributed by atoms with Crippen molar-refractivity contribution in [1.82, 2.24) is 4.90 Å². The molecule has 1 aromatic heterocycles. The van der Waals surface area contributed by atoms with E-state index in [4.69, 9.17) is 0 Å².